The molecule has 0 atom stereocenters. The largest absolute Gasteiger partial charge is 0.489 e. The molecule has 0 fully saturated rings. The number of carbonyl (C=O) groups is 1. The number of ketones is 1. The molecule has 0 N–H and O–H groups in total. The summed E-state index contributed by atoms with van der Waals surface area (Å²) in [6, 6.07) is 13.2. The van der Waals surface area contributed by atoms with Gasteiger partial charge in [0.2, 0.25) is 0 Å². The zero-order chi connectivity index (χ0) is 13.8. The summed E-state index contributed by atoms with van der Waals surface area (Å²) in [6.45, 7) is 1.97. The first-order valence-corrected chi connectivity index (χ1v) is 7.19. The van der Waals surface area contributed by atoms with Crippen molar-refractivity contribution in [3.8, 4) is 5.75 Å². The Hall–Kier alpha value is -1.07. The van der Waals surface area contributed by atoms with Crippen molar-refractivity contribution in [1.82, 2.24) is 0 Å². The maximum absolute atomic E-state index is 11.3. The molecule has 0 bridgehead atoms. The zero-order valence-electron chi connectivity index (χ0n) is 10.3. The van der Waals surface area contributed by atoms with Gasteiger partial charge in [-0.25, -0.2) is 0 Å². The van der Waals surface area contributed by atoms with Gasteiger partial charge in [-0.1, -0.05) is 23.7 Å². The van der Waals surface area contributed by atoms with E-state index >= 15 is 0 Å². The molecular formula is C15H12ClIO2. The highest BCUT2D eigenvalue weighted by molar-refractivity contribution is 14.1. The summed E-state index contributed by atoms with van der Waals surface area (Å²) in [5.41, 5.74) is 1.61. The van der Waals surface area contributed by atoms with Crippen molar-refractivity contribution in [2.45, 2.75) is 13.5 Å². The number of carbonyl (C=O) groups excluding carboxylic acids is 1. The Kier molecular flexibility index (Phi) is 4.82. The Morgan fingerprint density at radius 2 is 2.05 bits per heavy atom. The third-order valence-corrected chi connectivity index (χ3v) is 3.60. The molecule has 0 aliphatic rings. The molecule has 0 aromatic heterocycles. The van der Waals surface area contributed by atoms with Crippen molar-refractivity contribution in [2.24, 2.45) is 0 Å². The van der Waals surface area contributed by atoms with Crippen LogP contribution in [0.15, 0.2) is 42.5 Å². The van der Waals surface area contributed by atoms with Crippen LogP contribution in [0.2, 0.25) is 5.02 Å². The first kappa shape index (κ1) is 14.3. The second kappa shape index (κ2) is 6.39. The van der Waals surface area contributed by atoms with Gasteiger partial charge in [0.05, 0.1) is 5.02 Å². The van der Waals surface area contributed by atoms with Crippen LogP contribution in [0.3, 0.4) is 0 Å². The summed E-state index contributed by atoms with van der Waals surface area (Å²) in [4.78, 5) is 11.3. The minimum atomic E-state index is -0.0471. The van der Waals surface area contributed by atoms with Crippen molar-refractivity contribution in [3.63, 3.8) is 0 Å². The topological polar surface area (TPSA) is 26.3 Å². The zero-order valence-corrected chi connectivity index (χ0v) is 13.2. The van der Waals surface area contributed by atoms with Gasteiger partial charge in [-0.05, 0) is 65.4 Å². The Bertz CT molecular complexity index is 611. The third kappa shape index (κ3) is 3.94. The van der Waals surface area contributed by atoms with Crippen LogP contribution >= 0.6 is 34.2 Å². The maximum Gasteiger partial charge on any atom is 0.161 e. The Morgan fingerprint density at radius 1 is 1.26 bits per heavy atom. The molecule has 0 aliphatic carbocycles. The highest BCUT2D eigenvalue weighted by atomic mass is 127. The molecule has 0 spiro atoms. The molecule has 19 heavy (non-hydrogen) atoms. The van der Waals surface area contributed by atoms with E-state index < -0.39 is 0 Å². The quantitative estimate of drug-likeness (QED) is 0.561. The molecule has 0 aliphatic heterocycles. The molecule has 2 aromatic carbocycles. The van der Waals surface area contributed by atoms with Gasteiger partial charge in [0, 0.05) is 9.13 Å². The van der Waals surface area contributed by atoms with E-state index in [1.165, 1.54) is 10.5 Å². The molecular weight excluding hydrogens is 375 g/mol. The summed E-state index contributed by atoms with van der Waals surface area (Å²) in [6.07, 6.45) is 0. The second-order valence-electron chi connectivity index (χ2n) is 4.12. The lowest BCUT2D eigenvalue weighted by molar-refractivity contribution is 0.101. The summed E-state index contributed by atoms with van der Waals surface area (Å²) in [5, 5.41) is 0.424. The van der Waals surface area contributed by atoms with E-state index in [4.69, 9.17) is 16.3 Å². The van der Waals surface area contributed by atoms with Crippen molar-refractivity contribution >= 4 is 40.0 Å². The van der Waals surface area contributed by atoms with Crippen LogP contribution in [-0.4, -0.2) is 5.78 Å². The molecule has 2 aromatic rings. The van der Waals surface area contributed by atoms with Gasteiger partial charge in [-0.15, -0.1) is 0 Å². The predicted octanol–water partition coefficient (Wildman–Crippen LogP) is 4.73. The lowest BCUT2D eigenvalue weighted by Gasteiger charge is -2.08. The van der Waals surface area contributed by atoms with Crippen LogP contribution in [0.4, 0.5) is 0 Å². The monoisotopic (exact) mass is 386 g/mol. The fourth-order valence-corrected chi connectivity index (χ4v) is 2.58. The minimum Gasteiger partial charge on any atom is -0.489 e. The number of ether oxygens (including phenoxy) is 1. The molecule has 2 nitrogen and oxygen atoms in total. The van der Waals surface area contributed by atoms with E-state index in [1.54, 1.807) is 18.2 Å². The number of Topliss-reactive ketones (excluding diaryl/α,β-unsaturated/α-hetero) is 1. The van der Waals surface area contributed by atoms with E-state index in [0.29, 0.717) is 22.9 Å². The normalized spacial score (nSPS) is 10.3. The van der Waals surface area contributed by atoms with Crippen LogP contribution < -0.4 is 4.74 Å². The molecule has 0 heterocycles. The molecule has 4 heteroatoms. The Balaban J connectivity index is 2.08. The molecule has 98 valence electrons. The molecule has 0 unspecified atom stereocenters. The van der Waals surface area contributed by atoms with Crippen molar-refractivity contribution in [2.75, 3.05) is 0 Å². The van der Waals surface area contributed by atoms with Gasteiger partial charge in [-0.2, -0.15) is 0 Å². The van der Waals surface area contributed by atoms with Gasteiger partial charge in [0.15, 0.2) is 5.78 Å². The van der Waals surface area contributed by atoms with E-state index in [2.05, 4.69) is 28.7 Å². The number of hydrogen-bond donors (Lipinski definition) is 0. The SMILES string of the molecule is CC(=O)c1ccc(OCc2cccc(I)c2)cc1Cl. The predicted molar refractivity (Wildman–Crippen MR) is 84.9 cm³/mol. The highest BCUT2D eigenvalue weighted by Gasteiger charge is 2.06. The fourth-order valence-electron chi connectivity index (χ4n) is 1.66. The van der Waals surface area contributed by atoms with Crippen molar-refractivity contribution in [1.29, 1.82) is 0 Å². The highest BCUT2D eigenvalue weighted by Crippen LogP contribution is 2.23. The lowest BCUT2D eigenvalue weighted by atomic mass is 10.1. The summed E-state index contributed by atoms with van der Waals surface area (Å²) in [7, 11) is 0. The van der Waals surface area contributed by atoms with Crippen LogP contribution in [0.5, 0.6) is 5.75 Å². The Morgan fingerprint density at radius 3 is 2.68 bits per heavy atom. The van der Waals surface area contributed by atoms with Gasteiger partial charge in [-0.3, -0.25) is 4.79 Å². The number of halogens is 2. The average Bonchev–Trinajstić information content (AvgIpc) is 2.36. The van der Waals surface area contributed by atoms with Crippen LogP contribution in [0.1, 0.15) is 22.8 Å². The van der Waals surface area contributed by atoms with Gasteiger partial charge < -0.3 is 4.74 Å². The van der Waals surface area contributed by atoms with Crippen LogP contribution in [0.25, 0.3) is 0 Å². The maximum atomic E-state index is 11.3. The standard InChI is InChI=1S/C15H12ClIO2/c1-10(18)14-6-5-13(8-15(14)16)19-9-11-3-2-4-12(17)7-11/h2-8H,9H2,1H3. The van der Waals surface area contributed by atoms with Crippen LogP contribution in [0, 0.1) is 3.57 Å². The van der Waals surface area contributed by atoms with Crippen molar-refractivity contribution < 1.29 is 9.53 Å². The second-order valence-corrected chi connectivity index (χ2v) is 5.77. The average molecular weight is 387 g/mol. The molecule has 0 radical (unpaired) electrons. The number of rotatable bonds is 4. The van der Waals surface area contributed by atoms with Gasteiger partial charge in [0.25, 0.3) is 0 Å². The summed E-state index contributed by atoms with van der Waals surface area (Å²) >= 11 is 8.29. The number of hydrogen-bond acceptors (Lipinski definition) is 2. The minimum absolute atomic E-state index is 0.0471. The van der Waals surface area contributed by atoms with Gasteiger partial charge >= 0.3 is 0 Å². The van der Waals surface area contributed by atoms with Gasteiger partial charge in [0.1, 0.15) is 12.4 Å². The van der Waals surface area contributed by atoms with E-state index in [1.807, 2.05) is 18.2 Å². The van der Waals surface area contributed by atoms with E-state index in [9.17, 15) is 4.79 Å². The Labute approximate surface area is 130 Å². The molecule has 2 rings (SSSR count). The van der Waals surface area contributed by atoms with E-state index in [-0.39, 0.29) is 5.78 Å². The molecule has 0 saturated carbocycles. The summed E-state index contributed by atoms with van der Waals surface area (Å²) in [5.74, 6) is 0.614. The van der Waals surface area contributed by atoms with Crippen molar-refractivity contribution in [3.05, 3.63) is 62.2 Å². The van der Waals surface area contributed by atoms with Crippen LogP contribution in [-0.2, 0) is 6.61 Å². The summed E-state index contributed by atoms with van der Waals surface area (Å²) < 4.78 is 6.83. The first-order valence-electron chi connectivity index (χ1n) is 5.74. The smallest absolute Gasteiger partial charge is 0.161 e. The lowest BCUT2D eigenvalue weighted by Crippen LogP contribution is -1.98. The number of benzene rings is 2. The molecule has 0 saturated heterocycles. The first-order chi connectivity index (χ1) is 9.06. The third-order valence-electron chi connectivity index (χ3n) is 2.61. The van der Waals surface area contributed by atoms with E-state index in [0.717, 1.165) is 5.56 Å². The fraction of sp³-hybridized carbons (Fsp3) is 0.133. The molecule has 0 amide bonds.